The van der Waals surface area contributed by atoms with Crippen molar-refractivity contribution < 1.29 is 14.3 Å². The van der Waals surface area contributed by atoms with Crippen LogP contribution in [0.25, 0.3) is 0 Å². The average molecular weight is 368 g/mol. The third kappa shape index (κ3) is 4.83. The second-order valence-electron chi connectivity index (χ2n) is 5.81. The van der Waals surface area contributed by atoms with E-state index in [0.29, 0.717) is 23.8 Å². The molecule has 0 heterocycles. The Kier molecular flexibility index (Phi) is 6.43. The van der Waals surface area contributed by atoms with Crippen molar-refractivity contribution in [3.05, 3.63) is 28.2 Å². The molecule has 22 heavy (non-hydrogen) atoms. The van der Waals surface area contributed by atoms with Gasteiger partial charge in [0.25, 0.3) is 5.91 Å². The molecule has 4 nitrogen and oxygen atoms in total. The minimum atomic E-state index is -0.622. The van der Waals surface area contributed by atoms with E-state index in [0.717, 1.165) is 10.8 Å². The second kappa shape index (κ2) is 8.32. The molecule has 0 radical (unpaired) electrons. The quantitative estimate of drug-likeness (QED) is 0.779. The third-order valence-corrected chi connectivity index (χ3v) is 4.55. The molecule has 2 rings (SSSR count). The lowest BCUT2D eigenvalue weighted by molar-refractivity contribution is -0.127. The summed E-state index contributed by atoms with van der Waals surface area (Å²) < 4.78 is 6.43. The molecule has 1 aliphatic carbocycles. The van der Waals surface area contributed by atoms with E-state index in [2.05, 4.69) is 21.2 Å². The standard InChI is InChI=1S/C17H22BrNO3/c1-12(17(21)19-10-13-5-3-2-4-6-13)22-16-8-7-15(18)9-14(16)11-20/h7-9,11-13H,2-6,10H2,1H3,(H,19,21)/t12-/m1/s1. The Morgan fingerprint density at radius 3 is 2.82 bits per heavy atom. The number of ether oxygens (including phenoxy) is 1. The highest BCUT2D eigenvalue weighted by molar-refractivity contribution is 9.10. The van der Waals surface area contributed by atoms with Gasteiger partial charge >= 0.3 is 0 Å². The van der Waals surface area contributed by atoms with Crippen LogP contribution in [0.3, 0.4) is 0 Å². The zero-order valence-corrected chi connectivity index (χ0v) is 14.4. The molecule has 1 aliphatic rings. The summed E-state index contributed by atoms with van der Waals surface area (Å²) in [5, 5.41) is 2.96. The van der Waals surface area contributed by atoms with Crippen molar-refractivity contribution in [3.8, 4) is 5.75 Å². The van der Waals surface area contributed by atoms with Gasteiger partial charge in [0.15, 0.2) is 12.4 Å². The van der Waals surface area contributed by atoms with Crippen LogP contribution in [0.15, 0.2) is 22.7 Å². The van der Waals surface area contributed by atoms with Gasteiger partial charge in [0, 0.05) is 11.0 Å². The van der Waals surface area contributed by atoms with E-state index in [-0.39, 0.29) is 5.91 Å². The Morgan fingerprint density at radius 1 is 1.41 bits per heavy atom. The topological polar surface area (TPSA) is 55.4 Å². The first-order valence-corrected chi connectivity index (χ1v) is 8.58. The van der Waals surface area contributed by atoms with Gasteiger partial charge in [0.2, 0.25) is 0 Å². The Labute approximate surface area is 139 Å². The number of rotatable bonds is 6. The summed E-state index contributed by atoms with van der Waals surface area (Å²) in [5.74, 6) is 0.881. The Hall–Kier alpha value is -1.36. The monoisotopic (exact) mass is 367 g/mol. The lowest BCUT2D eigenvalue weighted by Gasteiger charge is -2.23. The molecule has 0 aliphatic heterocycles. The van der Waals surface area contributed by atoms with Crippen LogP contribution in [0, 0.1) is 5.92 Å². The summed E-state index contributed by atoms with van der Waals surface area (Å²) in [7, 11) is 0. The Morgan fingerprint density at radius 2 is 2.14 bits per heavy atom. The minimum Gasteiger partial charge on any atom is -0.480 e. The van der Waals surface area contributed by atoms with Crippen LogP contribution in [-0.2, 0) is 4.79 Å². The lowest BCUT2D eigenvalue weighted by atomic mass is 9.89. The molecule has 1 aromatic carbocycles. The van der Waals surface area contributed by atoms with Gasteiger partial charge in [0.05, 0.1) is 5.56 Å². The molecule has 1 N–H and O–H groups in total. The number of halogens is 1. The van der Waals surface area contributed by atoms with Gasteiger partial charge in [-0.25, -0.2) is 0 Å². The number of hydrogen-bond acceptors (Lipinski definition) is 3. The van der Waals surface area contributed by atoms with Gasteiger partial charge in [-0.05, 0) is 43.9 Å². The first kappa shape index (κ1) is 17.0. The summed E-state index contributed by atoms with van der Waals surface area (Å²) in [6, 6.07) is 5.16. The molecule has 0 aromatic heterocycles. The molecule has 1 amide bonds. The average Bonchev–Trinajstić information content (AvgIpc) is 2.55. The highest BCUT2D eigenvalue weighted by atomic mass is 79.9. The van der Waals surface area contributed by atoms with Crippen molar-refractivity contribution in [1.29, 1.82) is 0 Å². The number of amides is 1. The van der Waals surface area contributed by atoms with Gasteiger partial charge in [-0.15, -0.1) is 0 Å². The van der Waals surface area contributed by atoms with Crippen LogP contribution in [-0.4, -0.2) is 24.8 Å². The van der Waals surface area contributed by atoms with Crippen LogP contribution in [0.2, 0.25) is 0 Å². The summed E-state index contributed by atoms with van der Waals surface area (Å²) in [6.07, 6.45) is 6.31. The van der Waals surface area contributed by atoms with Crippen LogP contribution in [0.4, 0.5) is 0 Å². The number of nitrogens with one attached hydrogen (secondary N) is 1. The zero-order chi connectivity index (χ0) is 15.9. The van der Waals surface area contributed by atoms with Crippen molar-refractivity contribution >= 4 is 28.1 Å². The number of aldehydes is 1. The highest BCUT2D eigenvalue weighted by Crippen LogP contribution is 2.24. The number of carbonyl (C=O) groups excluding carboxylic acids is 2. The van der Waals surface area contributed by atoms with Crippen molar-refractivity contribution in [2.45, 2.75) is 45.1 Å². The van der Waals surface area contributed by atoms with E-state index in [1.807, 2.05) is 0 Å². The van der Waals surface area contributed by atoms with E-state index >= 15 is 0 Å². The fourth-order valence-corrected chi connectivity index (χ4v) is 3.12. The molecule has 0 saturated heterocycles. The largest absolute Gasteiger partial charge is 0.480 e. The highest BCUT2D eigenvalue weighted by Gasteiger charge is 2.19. The predicted molar refractivity (Wildman–Crippen MR) is 89.2 cm³/mol. The normalized spacial score (nSPS) is 16.8. The summed E-state index contributed by atoms with van der Waals surface area (Å²) in [4.78, 5) is 23.2. The second-order valence-corrected chi connectivity index (χ2v) is 6.72. The third-order valence-electron chi connectivity index (χ3n) is 4.06. The van der Waals surface area contributed by atoms with E-state index in [9.17, 15) is 9.59 Å². The molecule has 1 aromatic rings. The van der Waals surface area contributed by atoms with Crippen molar-refractivity contribution in [2.24, 2.45) is 5.92 Å². The molecule has 120 valence electrons. The van der Waals surface area contributed by atoms with E-state index in [1.165, 1.54) is 32.1 Å². The SMILES string of the molecule is C[C@@H](Oc1ccc(Br)cc1C=O)C(=O)NCC1CCCCC1. The van der Waals surface area contributed by atoms with Crippen molar-refractivity contribution in [1.82, 2.24) is 5.32 Å². The van der Waals surface area contributed by atoms with Gasteiger partial charge < -0.3 is 10.1 Å². The van der Waals surface area contributed by atoms with Crippen molar-refractivity contribution in [2.75, 3.05) is 6.54 Å². The Balaban J connectivity index is 1.86. The van der Waals surface area contributed by atoms with Gasteiger partial charge in [0.1, 0.15) is 5.75 Å². The van der Waals surface area contributed by atoms with E-state index < -0.39 is 6.10 Å². The predicted octanol–water partition coefficient (Wildman–Crippen LogP) is 3.73. The van der Waals surface area contributed by atoms with Gasteiger partial charge in [-0.2, -0.15) is 0 Å². The van der Waals surface area contributed by atoms with E-state index in [4.69, 9.17) is 4.74 Å². The van der Waals surface area contributed by atoms with Gasteiger partial charge in [-0.3, -0.25) is 9.59 Å². The number of benzene rings is 1. The maximum Gasteiger partial charge on any atom is 0.260 e. The molecule has 0 unspecified atom stereocenters. The zero-order valence-electron chi connectivity index (χ0n) is 12.8. The van der Waals surface area contributed by atoms with Crippen LogP contribution in [0.1, 0.15) is 49.4 Å². The molecule has 1 atom stereocenters. The van der Waals surface area contributed by atoms with Crippen LogP contribution < -0.4 is 10.1 Å². The van der Waals surface area contributed by atoms with Crippen molar-refractivity contribution in [3.63, 3.8) is 0 Å². The summed E-state index contributed by atoms with van der Waals surface area (Å²) in [5.41, 5.74) is 0.432. The number of carbonyl (C=O) groups is 2. The number of hydrogen-bond donors (Lipinski definition) is 1. The Bertz CT molecular complexity index is 527. The van der Waals surface area contributed by atoms with Crippen LogP contribution in [0.5, 0.6) is 5.75 Å². The molecule has 0 spiro atoms. The first-order chi connectivity index (χ1) is 10.6. The molecule has 5 heteroatoms. The van der Waals surface area contributed by atoms with Gasteiger partial charge in [-0.1, -0.05) is 35.2 Å². The maximum absolute atomic E-state index is 12.1. The fourth-order valence-electron chi connectivity index (χ4n) is 2.74. The van der Waals surface area contributed by atoms with Crippen LogP contribution >= 0.6 is 15.9 Å². The summed E-state index contributed by atoms with van der Waals surface area (Å²) >= 11 is 3.31. The minimum absolute atomic E-state index is 0.134. The fraction of sp³-hybridized carbons (Fsp3) is 0.529. The molecule has 1 saturated carbocycles. The molecule has 0 bridgehead atoms. The molecular weight excluding hydrogens is 346 g/mol. The van der Waals surface area contributed by atoms with E-state index in [1.54, 1.807) is 25.1 Å². The maximum atomic E-state index is 12.1. The first-order valence-electron chi connectivity index (χ1n) is 7.79. The molecule has 1 fully saturated rings. The molecular formula is C17H22BrNO3. The lowest BCUT2D eigenvalue weighted by Crippen LogP contribution is -2.39. The smallest absolute Gasteiger partial charge is 0.260 e. The summed E-state index contributed by atoms with van der Waals surface area (Å²) in [6.45, 7) is 2.42.